The lowest BCUT2D eigenvalue weighted by Crippen LogP contribution is -2.05. The summed E-state index contributed by atoms with van der Waals surface area (Å²) < 4.78 is 0. The molecule has 16 heavy (non-hydrogen) atoms. The first-order valence-corrected chi connectivity index (χ1v) is 4.98. The Morgan fingerprint density at radius 1 is 1.44 bits per heavy atom. The molecule has 0 aliphatic heterocycles. The Morgan fingerprint density at radius 2 is 1.94 bits per heavy atom. The molecule has 0 aliphatic carbocycles. The second kappa shape index (κ2) is 8.61. The predicted molar refractivity (Wildman–Crippen MR) is 63.0 cm³/mol. The minimum absolute atomic E-state index is 0.0986. The summed E-state index contributed by atoms with van der Waals surface area (Å²) in [5.41, 5.74) is 0.725. The molecule has 1 atom stereocenters. The molecule has 1 aromatic rings. The van der Waals surface area contributed by atoms with Crippen molar-refractivity contribution in [3.63, 3.8) is 0 Å². The molecule has 0 aromatic heterocycles. The van der Waals surface area contributed by atoms with Crippen molar-refractivity contribution in [2.24, 2.45) is 5.16 Å². The molecule has 0 radical (unpaired) electrons. The summed E-state index contributed by atoms with van der Waals surface area (Å²) in [6.07, 6.45) is 0.558. The summed E-state index contributed by atoms with van der Waals surface area (Å²) in [6, 6.07) is 9.16. The largest absolute Gasteiger partial charge is 0.411 e. The summed E-state index contributed by atoms with van der Waals surface area (Å²) >= 11 is 0. The van der Waals surface area contributed by atoms with E-state index in [1.165, 1.54) is 0 Å². The van der Waals surface area contributed by atoms with E-state index in [1.807, 2.05) is 18.2 Å². The number of carbonyl (C=O) groups is 1. The number of rotatable bonds is 4. The Bertz CT molecular complexity index is 309. The zero-order valence-electron chi connectivity index (χ0n) is 9.34. The molecular formula is C12H17NO3. The average molecular weight is 223 g/mol. The maximum atomic E-state index is 11.4. The third kappa shape index (κ3) is 6.73. The van der Waals surface area contributed by atoms with Gasteiger partial charge in [0.2, 0.25) is 0 Å². The summed E-state index contributed by atoms with van der Waals surface area (Å²) in [5, 5.41) is 18.3. The van der Waals surface area contributed by atoms with Crippen LogP contribution >= 0.6 is 0 Å². The Labute approximate surface area is 95.2 Å². The predicted octanol–water partition coefficient (Wildman–Crippen LogP) is 2.11. The number of ketones is 1. The van der Waals surface area contributed by atoms with Gasteiger partial charge in [-0.2, -0.15) is 0 Å². The van der Waals surface area contributed by atoms with E-state index in [9.17, 15) is 4.79 Å². The molecule has 1 rings (SSSR count). The molecule has 0 bridgehead atoms. The number of hydrogen-bond acceptors (Lipinski definition) is 4. The standard InChI is InChI=1S/C11H14O2.CH3NO/c1-9(12)7-8-11(13)10-5-3-2-4-6-10;1-2-3/h2-6,9,12H,7-8H2,1H3;3H,1H2. The average Bonchev–Trinajstić information content (AvgIpc) is 2.28. The summed E-state index contributed by atoms with van der Waals surface area (Å²) in [5.74, 6) is 0.0986. The van der Waals surface area contributed by atoms with Gasteiger partial charge in [0.25, 0.3) is 0 Å². The maximum absolute atomic E-state index is 11.4. The van der Waals surface area contributed by atoms with Crippen molar-refractivity contribution in [2.75, 3.05) is 0 Å². The van der Waals surface area contributed by atoms with Crippen molar-refractivity contribution in [1.82, 2.24) is 0 Å². The maximum Gasteiger partial charge on any atom is 0.162 e. The first kappa shape index (κ1) is 14.3. The molecule has 1 unspecified atom stereocenters. The van der Waals surface area contributed by atoms with Gasteiger partial charge in [0.15, 0.2) is 5.78 Å². The Balaban J connectivity index is 0.000000673. The summed E-state index contributed by atoms with van der Waals surface area (Å²) in [7, 11) is 0. The number of Topliss-reactive ketones (excluding diaryl/α,β-unsaturated/α-hetero) is 1. The van der Waals surface area contributed by atoms with Crippen LogP contribution in [0.5, 0.6) is 0 Å². The van der Waals surface area contributed by atoms with Crippen LogP contribution in [0.25, 0.3) is 0 Å². The van der Waals surface area contributed by atoms with E-state index in [1.54, 1.807) is 19.1 Å². The van der Waals surface area contributed by atoms with E-state index in [2.05, 4.69) is 11.9 Å². The van der Waals surface area contributed by atoms with Crippen LogP contribution in [-0.2, 0) is 0 Å². The van der Waals surface area contributed by atoms with Crippen molar-refractivity contribution < 1.29 is 15.1 Å². The van der Waals surface area contributed by atoms with Crippen LogP contribution in [0.4, 0.5) is 0 Å². The normalized spacial score (nSPS) is 10.9. The second-order valence-corrected chi connectivity index (χ2v) is 3.32. The van der Waals surface area contributed by atoms with Gasteiger partial charge in [-0.15, -0.1) is 5.16 Å². The van der Waals surface area contributed by atoms with Gasteiger partial charge in [-0.05, 0) is 13.3 Å². The Kier molecular flexibility index (Phi) is 7.71. The lowest BCUT2D eigenvalue weighted by atomic mass is 10.1. The third-order valence-electron chi connectivity index (χ3n) is 1.88. The van der Waals surface area contributed by atoms with Crippen molar-refractivity contribution in [1.29, 1.82) is 0 Å². The SMILES string of the molecule is C=NO.CC(O)CCC(=O)c1ccccc1. The number of aliphatic hydroxyl groups is 1. The number of hydrogen-bond donors (Lipinski definition) is 2. The van der Waals surface area contributed by atoms with Crippen molar-refractivity contribution >= 4 is 12.5 Å². The Morgan fingerprint density at radius 3 is 2.38 bits per heavy atom. The van der Waals surface area contributed by atoms with Gasteiger partial charge in [0.05, 0.1) is 6.10 Å². The fraction of sp³-hybridized carbons (Fsp3) is 0.333. The fourth-order valence-electron chi connectivity index (χ4n) is 1.11. The first-order chi connectivity index (χ1) is 7.61. The van der Waals surface area contributed by atoms with Crippen LogP contribution in [0.1, 0.15) is 30.1 Å². The third-order valence-corrected chi connectivity index (χ3v) is 1.88. The quantitative estimate of drug-likeness (QED) is 0.355. The van der Waals surface area contributed by atoms with Crippen molar-refractivity contribution in [2.45, 2.75) is 25.9 Å². The van der Waals surface area contributed by atoms with Gasteiger partial charge in [-0.25, -0.2) is 0 Å². The molecule has 0 saturated carbocycles. The molecule has 0 saturated heterocycles. The molecule has 0 amide bonds. The summed E-state index contributed by atoms with van der Waals surface area (Å²) in [4.78, 5) is 11.4. The van der Waals surface area contributed by atoms with Crippen LogP contribution in [0.3, 0.4) is 0 Å². The van der Waals surface area contributed by atoms with E-state index in [4.69, 9.17) is 10.3 Å². The summed E-state index contributed by atoms with van der Waals surface area (Å²) in [6.45, 7) is 4.36. The van der Waals surface area contributed by atoms with Gasteiger partial charge >= 0.3 is 0 Å². The molecular weight excluding hydrogens is 206 g/mol. The van der Waals surface area contributed by atoms with Crippen LogP contribution < -0.4 is 0 Å². The number of oxime groups is 1. The molecule has 2 N–H and O–H groups in total. The number of nitrogens with zero attached hydrogens (tertiary/aromatic N) is 1. The first-order valence-electron chi connectivity index (χ1n) is 4.98. The highest BCUT2D eigenvalue weighted by Crippen LogP contribution is 2.06. The number of benzene rings is 1. The number of carbonyl (C=O) groups excluding carboxylic acids is 1. The van der Waals surface area contributed by atoms with Gasteiger partial charge in [-0.3, -0.25) is 4.79 Å². The zero-order valence-corrected chi connectivity index (χ0v) is 9.34. The van der Waals surface area contributed by atoms with E-state index < -0.39 is 6.10 Å². The lowest BCUT2D eigenvalue weighted by molar-refractivity contribution is 0.0949. The highest BCUT2D eigenvalue weighted by atomic mass is 16.4. The highest BCUT2D eigenvalue weighted by Gasteiger charge is 2.05. The minimum atomic E-state index is -0.396. The molecule has 0 spiro atoms. The molecule has 1 aromatic carbocycles. The fourth-order valence-corrected chi connectivity index (χ4v) is 1.11. The van der Waals surface area contributed by atoms with Gasteiger partial charge in [-0.1, -0.05) is 30.3 Å². The van der Waals surface area contributed by atoms with Crippen LogP contribution in [0.15, 0.2) is 35.5 Å². The van der Waals surface area contributed by atoms with Crippen molar-refractivity contribution in [3.05, 3.63) is 35.9 Å². The van der Waals surface area contributed by atoms with E-state index >= 15 is 0 Å². The molecule has 0 fully saturated rings. The van der Waals surface area contributed by atoms with Gasteiger partial charge in [0, 0.05) is 18.7 Å². The van der Waals surface area contributed by atoms with Crippen LogP contribution in [0, 0.1) is 0 Å². The zero-order chi connectivity index (χ0) is 12.4. The minimum Gasteiger partial charge on any atom is -0.411 e. The van der Waals surface area contributed by atoms with Crippen LogP contribution in [0.2, 0.25) is 0 Å². The van der Waals surface area contributed by atoms with Gasteiger partial charge < -0.3 is 10.3 Å². The molecule has 0 heterocycles. The van der Waals surface area contributed by atoms with Gasteiger partial charge in [0.1, 0.15) is 0 Å². The smallest absolute Gasteiger partial charge is 0.162 e. The monoisotopic (exact) mass is 223 g/mol. The van der Waals surface area contributed by atoms with E-state index in [0.717, 1.165) is 5.56 Å². The molecule has 4 heteroatoms. The second-order valence-electron chi connectivity index (χ2n) is 3.32. The topological polar surface area (TPSA) is 69.9 Å². The molecule has 4 nitrogen and oxygen atoms in total. The molecule has 0 aliphatic rings. The van der Waals surface area contributed by atoms with E-state index in [0.29, 0.717) is 12.8 Å². The number of aliphatic hydroxyl groups excluding tert-OH is 1. The lowest BCUT2D eigenvalue weighted by Gasteiger charge is -2.02. The Hall–Kier alpha value is -1.68. The van der Waals surface area contributed by atoms with E-state index in [-0.39, 0.29) is 5.78 Å². The highest BCUT2D eigenvalue weighted by molar-refractivity contribution is 5.95. The van der Waals surface area contributed by atoms with Crippen molar-refractivity contribution in [3.8, 4) is 0 Å². The molecule has 88 valence electrons. The van der Waals surface area contributed by atoms with Crippen LogP contribution in [-0.4, -0.2) is 28.9 Å².